The van der Waals surface area contributed by atoms with Crippen molar-refractivity contribution in [2.75, 3.05) is 18.5 Å². The van der Waals surface area contributed by atoms with Crippen molar-refractivity contribution < 1.29 is 9.53 Å². The fourth-order valence-electron chi connectivity index (χ4n) is 2.03. The maximum atomic E-state index is 12.4. The highest BCUT2D eigenvalue weighted by atomic mass is 127. The monoisotopic (exact) mass is 501 g/mol. The molecule has 6 heteroatoms. The van der Waals surface area contributed by atoms with Crippen LogP contribution in [0.4, 0.5) is 0 Å². The highest BCUT2D eigenvalue weighted by molar-refractivity contribution is 14.1. The predicted molar refractivity (Wildman–Crippen MR) is 90.9 cm³/mol. The van der Waals surface area contributed by atoms with E-state index in [1.165, 1.54) is 0 Å². The van der Waals surface area contributed by atoms with Gasteiger partial charge in [-0.25, -0.2) is 0 Å². The number of hydrogen-bond donors (Lipinski definition) is 1. The van der Waals surface area contributed by atoms with Gasteiger partial charge < -0.3 is 10.1 Å². The Bertz CT molecular complexity index is 476. The number of alkyl halides is 1. The van der Waals surface area contributed by atoms with E-state index in [-0.39, 0.29) is 11.4 Å². The van der Waals surface area contributed by atoms with Crippen LogP contribution in [0.5, 0.6) is 0 Å². The van der Waals surface area contributed by atoms with Gasteiger partial charge in [-0.3, -0.25) is 4.79 Å². The third-order valence-electron chi connectivity index (χ3n) is 3.26. The van der Waals surface area contributed by atoms with Crippen molar-refractivity contribution in [3.05, 3.63) is 31.8 Å². The molecule has 0 atom stereocenters. The van der Waals surface area contributed by atoms with Gasteiger partial charge in [0.1, 0.15) is 0 Å². The van der Waals surface area contributed by atoms with E-state index in [0.29, 0.717) is 18.8 Å². The van der Waals surface area contributed by atoms with E-state index in [4.69, 9.17) is 4.74 Å². The molecule has 0 aromatic heterocycles. The molecule has 2 rings (SSSR count). The van der Waals surface area contributed by atoms with Crippen molar-refractivity contribution in [3.8, 4) is 0 Å². The summed E-state index contributed by atoms with van der Waals surface area (Å²) in [6.45, 7) is 1.39. The Balaban J connectivity index is 2.17. The summed E-state index contributed by atoms with van der Waals surface area (Å²) in [4.78, 5) is 12.4. The summed E-state index contributed by atoms with van der Waals surface area (Å²) in [5, 5.41) is 3.91. The first-order valence-corrected chi connectivity index (χ1v) is 8.97. The first-order valence-electron chi connectivity index (χ1n) is 5.98. The molecule has 104 valence electrons. The molecule has 1 aromatic rings. The molecule has 1 amide bonds. The van der Waals surface area contributed by atoms with Gasteiger partial charge in [-0.2, -0.15) is 0 Å². The largest absolute Gasteiger partial charge is 0.381 e. The van der Waals surface area contributed by atoms with Crippen LogP contribution in [0.2, 0.25) is 0 Å². The fraction of sp³-hybridized carbons (Fsp3) is 0.462. The molecule has 0 saturated carbocycles. The summed E-state index contributed by atoms with van der Waals surface area (Å²) in [7, 11) is 0. The fourth-order valence-corrected chi connectivity index (χ4v) is 3.65. The number of rotatable bonds is 3. The molecule has 0 aliphatic carbocycles. The van der Waals surface area contributed by atoms with E-state index in [1.807, 2.05) is 18.2 Å². The third-order valence-corrected chi connectivity index (χ3v) is 5.69. The highest BCUT2D eigenvalue weighted by Crippen LogP contribution is 2.25. The summed E-state index contributed by atoms with van der Waals surface area (Å²) >= 11 is 9.16. The molecule has 1 aliphatic rings. The normalized spacial score (nSPS) is 18.1. The summed E-state index contributed by atoms with van der Waals surface area (Å²) in [5.74, 6) is -0.0354. The van der Waals surface area contributed by atoms with Crippen molar-refractivity contribution in [2.24, 2.45) is 0 Å². The van der Waals surface area contributed by atoms with Crippen LogP contribution in [0.3, 0.4) is 0 Å². The molecule has 1 fully saturated rings. The standard InChI is InChI=1S/C13H14Br2INO2/c14-8-13(3-5-19-6-4-13)17-12(18)10-7-9(16)1-2-11(10)15/h1-2,7H,3-6,8H2,(H,17,18). The summed E-state index contributed by atoms with van der Waals surface area (Å²) in [5.41, 5.74) is 0.481. The van der Waals surface area contributed by atoms with Gasteiger partial charge in [-0.1, -0.05) is 15.9 Å². The third kappa shape index (κ3) is 3.92. The van der Waals surface area contributed by atoms with Crippen molar-refractivity contribution >= 4 is 60.4 Å². The zero-order chi connectivity index (χ0) is 13.9. The lowest BCUT2D eigenvalue weighted by molar-refractivity contribution is 0.0441. The molecule has 0 spiro atoms. The number of amides is 1. The van der Waals surface area contributed by atoms with Crippen LogP contribution in [-0.4, -0.2) is 30.0 Å². The van der Waals surface area contributed by atoms with E-state index in [1.54, 1.807) is 0 Å². The topological polar surface area (TPSA) is 38.3 Å². The van der Waals surface area contributed by atoms with Crippen molar-refractivity contribution in [2.45, 2.75) is 18.4 Å². The van der Waals surface area contributed by atoms with Gasteiger partial charge in [0.2, 0.25) is 0 Å². The summed E-state index contributed by atoms with van der Waals surface area (Å²) in [6.07, 6.45) is 1.68. The SMILES string of the molecule is O=C(NC1(CBr)CCOCC1)c1cc(I)ccc1Br. The van der Waals surface area contributed by atoms with Crippen LogP contribution in [0, 0.1) is 3.57 Å². The Morgan fingerprint density at radius 2 is 2.11 bits per heavy atom. The minimum atomic E-state index is -0.198. The van der Waals surface area contributed by atoms with Crippen LogP contribution in [0.25, 0.3) is 0 Å². The van der Waals surface area contributed by atoms with Crippen LogP contribution < -0.4 is 5.32 Å². The molecular weight excluding hydrogens is 489 g/mol. The predicted octanol–water partition coefficient (Wildman–Crippen LogP) is 3.73. The van der Waals surface area contributed by atoms with Crippen LogP contribution in [-0.2, 0) is 4.74 Å². The van der Waals surface area contributed by atoms with E-state index in [0.717, 1.165) is 26.2 Å². The van der Waals surface area contributed by atoms with Gasteiger partial charge in [-0.15, -0.1) is 0 Å². The molecule has 1 aromatic carbocycles. The molecule has 0 unspecified atom stereocenters. The summed E-state index contributed by atoms with van der Waals surface area (Å²) in [6, 6.07) is 5.76. The maximum absolute atomic E-state index is 12.4. The van der Waals surface area contributed by atoms with Gasteiger partial charge in [0.05, 0.1) is 11.1 Å². The minimum absolute atomic E-state index is 0.0354. The van der Waals surface area contributed by atoms with Gasteiger partial charge in [0.15, 0.2) is 0 Å². The second-order valence-electron chi connectivity index (χ2n) is 4.60. The van der Waals surface area contributed by atoms with E-state index >= 15 is 0 Å². The van der Waals surface area contributed by atoms with Crippen molar-refractivity contribution in [1.82, 2.24) is 5.32 Å². The molecule has 1 saturated heterocycles. The zero-order valence-corrected chi connectivity index (χ0v) is 15.5. The average Bonchev–Trinajstić information content (AvgIpc) is 2.42. The van der Waals surface area contributed by atoms with Gasteiger partial charge >= 0.3 is 0 Å². The average molecular weight is 503 g/mol. The second kappa shape index (κ2) is 6.87. The molecule has 1 heterocycles. The highest BCUT2D eigenvalue weighted by Gasteiger charge is 2.33. The number of halogens is 3. The number of carbonyl (C=O) groups is 1. The van der Waals surface area contributed by atoms with Gasteiger partial charge in [0, 0.05) is 26.6 Å². The van der Waals surface area contributed by atoms with Crippen LogP contribution >= 0.6 is 54.5 Å². The quantitative estimate of drug-likeness (QED) is 0.505. The van der Waals surface area contributed by atoms with E-state index in [9.17, 15) is 4.79 Å². The Hall–Kier alpha value is 0.340. The van der Waals surface area contributed by atoms with Crippen molar-refractivity contribution in [3.63, 3.8) is 0 Å². The van der Waals surface area contributed by atoms with Crippen LogP contribution in [0.15, 0.2) is 22.7 Å². The smallest absolute Gasteiger partial charge is 0.252 e. The molecular formula is C13H14Br2INO2. The Labute approximate surface area is 143 Å². The first kappa shape index (κ1) is 15.7. The van der Waals surface area contributed by atoms with Gasteiger partial charge in [-0.05, 0) is 69.6 Å². The number of carbonyl (C=O) groups excluding carboxylic acids is 1. The summed E-state index contributed by atoms with van der Waals surface area (Å²) < 4.78 is 7.24. The second-order valence-corrected chi connectivity index (χ2v) is 7.27. The van der Waals surface area contributed by atoms with E-state index in [2.05, 4.69) is 59.8 Å². The minimum Gasteiger partial charge on any atom is -0.381 e. The number of ether oxygens (including phenoxy) is 1. The Morgan fingerprint density at radius 1 is 1.42 bits per heavy atom. The van der Waals surface area contributed by atoms with Crippen LogP contribution in [0.1, 0.15) is 23.2 Å². The number of hydrogen-bond acceptors (Lipinski definition) is 2. The number of nitrogens with one attached hydrogen (secondary N) is 1. The number of benzene rings is 1. The van der Waals surface area contributed by atoms with Crippen molar-refractivity contribution in [1.29, 1.82) is 0 Å². The molecule has 1 N–H and O–H groups in total. The zero-order valence-electron chi connectivity index (χ0n) is 10.2. The Morgan fingerprint density at radius 3 is 2.74 bits per heavy atom. The molecule has 1 aliphatic heterocycles. The molecule has 0 radical (unpaired) electrons. The molecule has 0 bridgehead atoms. The molecule has 19 heavy (non-hydrogen) atoms. The Kier molecular flexibility index (Phi) is 5.68. The van der Waals surface area contributed by atoms with E-state index < -0.39 is 0 Å². The first-order chi connectivity index (χ1) is 9.06. The lowest BCUT2D eigenvalue weighted by Crippen LogP contribution is -2.53. The molecule has 3 nitrogen and oxygen atoms in total. The lowest BCUT2D eigenvalue weighted by Gasteiger charge is -2.36. The lowest BCUT2D eigenvalue weighted by atomic mass is 9.92. The maximum Gasteiger partial charge on any atom is 0.252 e. The van der Waals surface area contributed by atoms with Gasteiger partial charge in [0.25, 0.3) is 5.91 Å².